The van der Waals surface area contributed by atoms with Gasteiger partial charge in [0, 0.05) is 24.9 Å². The van der Waals surface area contributed by atoms with Crippen LogP contribution in [0.1, 0.15) is 0 Å². The lowest BCUT2D eigenvalue weighted by atomic mass is 9.97. The van der Waals surface area contributed by atoms with Crippen LogP contribution in [-0.2, 0) is 0 Å². The maximum absolute atomic E-state index is 2.41. The zero-order valence-electron chi connectivity index (χ0n) is 24.1. The predicted octanol–water partition coefficient (Wildman–Crippen LogP) is 13.8. The van der Waals surface area contributed by atoms with Gasteiger partial charge in [-0.3, -0.25) is 0 Å². The first-order valence-electron chi connectivity index (χ1n) is 15.1. The van der Waals surface area contributed by atoms with Crippen molar-refractivity contribution in [3.63, 3.8) is 0 Å². The Labute approximate surface area is 272 Å². The van der Waals surface area contributed by atoms with E-state index in [0.717, 1.165) is 0 Å². The minimum Gasteiger partial charge on any atom is -0.144 e. The van der Waals surface area contributed by atoms with Crippen LogP contribution in [0.15, 0.2) is 145 Å². The lowest BCUT2D eigenvalue weighted by Gasteiger charge is -2.08. The average Bonchev–Trinajstić information content (AvgIpc) is 3.80. The molecule has 0 radical (unpaired) electrons. The van der Waals surface area contributed by atoms with Gasteiger partial charge in [-0.25, -0.2) is 0 Å². The van der Waals surface area contributed by atoms with Crippen LogP contribution in [0.2, 0.25) is 0 Å². The number of hydrogen-bond donors (Lipinski definition) is 0. The van der Waals surface area contributed by atoms with Crippen molar-refractivity contribution in [2.75, 3.05) is 0 Å². The van der Waals surface area contributed by atoms with Gasteiger partial charge in [-0.2, -0.15) is 0 Å². The zero-order chi connectivity index (χ0) is 29.5. The number of thiophene rings is 3. The molecule has 0 bridgehead atoms. The largest absolute Gasteiger partial charge is 0.144 e. The van der Waals surface area contributed by atoms with Crippen molar-refractivity contribution in [2.24, 2.45) is 0 Å². The zero-order valence-corrected chi connectivity index (χ0v) is 26.5. The fourth-order valence-electron chi connectivity index (χ4n) is 6.71. The van der Waals surface area contributed by atoms with E-state index in [1.54, 1.807) is 11.3 Å². The summed E-state index contributed by atoms with van der Waals surface area (Å²) in [6.45, 7) is 0. The van der Waals surface area contributed by atoms with E-state index in [2.05, 4.69) is 145 Å². The van der Waals surface area contributed by atoms with Crippen molar-refractivity contribution < 1.29 is 0 Å². The number of rotatable bonds is 3. The summed E-state index contributed by atoms with van der Waals surface area (Å²) in [6, 6.07) is 52.0. The topological polar surface area (TPSA) is 0 Å². The molecule has 10 rings (SSSR count). The molecule has 10 aromatic rings. The average molecular weight is 625 g/mol. The van der Waals surface area contributed by atoms with E-state index in [1.807, 2.05) is 22.7 Å². The lowest BCUT2D eigenvalue weighted by Crippen LogP contribution is -1.83. The second kappa shape index (κ2) is 9.85. The molecule has 210 valence electrons. The molecule has 7 aromatic carbocycles. The van der Waals surface area contributed by atoms with Gasteiger partial charge in [0.1, 0.15) is 0 Å². The molecule has 0 saturated heterocycles. The third kappa shape index (κ3) is 4.16. The van der Waals surface area contributed by atoms with E-state index in [9.17, 15) is 0 Å². The Morgan fingerprint density at radius 2 is 0.778 bits per heavy atom. The Morgan fingerprint density at radius 3 is 1.40 bits per heavy atom. The Kier molecular flexibility index (Phi) is 5.59. The van der Waals surface area contributed by atoms with Crippen LogP contribution in [0, 0.1) is 0 Å². The smallest absolute Gasteiger partial charge is 0.0542 e. The van der Waals surface area contributed by atoms with Crippen LogP contribution in [-0.4, -0.2) is 0 Å². The van der Waals surface area contributed by atoms with Crippen LogP contribution < -0.4 is 0 Å². The van der Waals surface area contributed by atoms with Gasteiger partial charge in [0.25, 0.3) is 0 Å². The minimum atomic E-state index is 1.24. The summed E-state index contributed by atoms with van der Waals surface area (Å²) >= 11 is 5.66. The summed E-state index contributed by atoms with van der Waals surface area (Å²) in [5, 5.41) is 11.4. The second-order valence-electron chi connectivity index (χ2n) is 11.8. The molecule has 0 fully saturated rings. The molecule has 0 nitrogen and oxygen atoms in total. The third-order valence-electron chi connectivity index (χ3n) is 9.13. The first-order valence-corrected chi connectivity index (χ1v) is 17.6. The third-order valence-corrected chi connectivity index (χ3v) is 12.5. The standard InChI is InChI=1S/C42H24S3/c1-2-4-31-23-39-36(20-30(31)3-1)41-42(44-39)37-21-35-19-32(15-16-34(35)24-40(37)45-41)27-9-5-25(6-10-27)26-7-11-28(12-8-26)33-14-13-29-17-18-43-38(29)22-33/h1-24H. The molecule has 0 saturated carbocycles. The van der Waals surface area contributed by atoms with Gasteiger partial charge in [0.15, 0.2) is 0 Å². The van der Waals surface area contributed by atoms with Gasteiger partial charge in [0.2, 0.25) is 0 Å². The Bertz CT molecular complexity index is 2740. The number of benzene rings is 7. The molecular weight excluding hydrogens is 601 g/mol. The van der Waals surface area contributed by atoms with E-state index in [0.29, 0.717) is 0 Å². The van der Waals surface area contributed by atoms with Gasteiger partial charge >= 0.3 is 0 Å². The van der Waals surface area contributed by atoms with E-state index in [4.69, 9.17) is 0 Å². The molecule has 0 aliphatic rings. The molecule has 3 heteroatoms. The Balaban J connectivity index is 0.984. The van der Waals surface area contributed by atoms with Gasteiger partial charge in [0.05, 0.1) is 9.40 Å². The van der Waals surface area contributed by atoms with Crippen LogP contribution in [0.25, 0.3) is 94.6 Å². The molecule has 3 aromatic heterocycles. The fraction of sp³-hybridized carbons (Fsp3) is 0. The Morgan fingerprint density at radius 1 is 0.311 bits per heavy atom. The molecular formula is C42H24S3. The SMILES string of the molecule is c1ccc2cc3c(cc2c1)sc1c2cc4cc(-c5ccc(-c6ccc(-c7ccc8ccsc8c7)cc6)cc5)ccc4cc2sc31. The van der Waals surface area contributed by atoms with Crippen molar-refractivity contribution in [2.45, 2.75) is 0 Å². The molecule has 0 amide bonds. The molecule has 0 aliphatic heterocycles. The highest BCUT2D eigenvalue weighted by Gasteiger charge is 2.14. The van der Waals surface area contributed by atoms with Gasteiger partial charge in [-0.15, -0.1) is 34.0 Å². The quantitative estimate of drug-likeness (QED) is 0.183. The van der Waals surface area contributed by atoms with Crippen molar-refractivity contribution in [3.8, 4) is 33.4 Å². The van der Waals surface area contributed by atoms with Gasteiger partial charge in [-0.1, -0.05) is 97.1 Å². The van der Waals surface area contributed by atoms with Crippen molar-refractivity contribution in [1.29, 1.82) is 0 Å². The van der Waals surface area contributed by atoms with Crippen LogP contribution in [0.5, 0.6) is 0 Å². The highest BCUT2D eigenvalue weighted by Crippen LogP contribution is 2.46. The van der Waals surface area contributed by atoms with Crippen molar-refractivity contribution in [3.05, 3.63) is 145 Å². The van der Waals surface area contributed by atoms with Crippen LogP contribution in [0.3, 0.4) is 0 Å². The summed E-state index contributed by atoms with van der Waals surface area (Å²) < 4.78 is 6.91. The highest BCUT2D eigenvalue weighted by atomic mass is 32.1. The highest BCUT2D eigenvalue weighted by molar-refractivity contribution is 7.36. The maximum atomic E-state index is 2.41. The monoisotopic (exact) mass is 624 g/mol. The number of fused-ring (bicyclic) bond motifs is 8. The maximum Gasteiger partial charge on any atom is 0.0542 e. The van der Waals surface area contributed by atoms with E-state index in [-0.39, 0.29) is 0 Å². The van der Waals surface area contributed by atoms with Crippen LogP contribution >= 0.6 is 34.0 Å². The summed E-state index contributed by atoms with van der Waals surface area (Å²) in [5.41, 5.74) is 7.49. The molecule has 0 atom stereocenters. The van der Waals surface area contributed by atoms with E-state index < -0.39 is 0 Å². The summed E-state index contributed by atoms with van der Waals surface area (Å²) in [5.74, 6) is 0. The van der Waals surface area contributed by atoms with E-state index >= 15 is 0 Å². The summed E-state index contributed by atoms with van der Waals surface area (Å²) in [6.07, 6.45) is 0. The van der Waals surface area contributed by atoms with Gasteiger partial charge < -0.3 is 0 Å². The van der Waals surface area contributed by atoms with Gasteiger partial charge in [-0.05, 0) is 108 Å². The summed E-state index contributed by atoms with van der Waals surface area (Å²) in [4.78, 5) is 0. The summed E-state index contributed by atoms with van der Waals surface area (Å²) in [7, 11) is 0. The molecule has 0 unspecified atom stereocenters. The molecule has 3 heterocycles. The van der Waals surface area contributed by atoms with Crippen LogP contribution in [0.4, 0.5) is 0 Å². The normalized spacial score (nSPS) is 12.0. The van der Waals surface area contributed by atoms with E-state index in [1.165, 1.54) is 94.6 Å². The minimum absolute atomic E-state index is 1.24. The number of hydrogen-bond acceptors (Lipinski definition) is 3. The van der Waals surface area contributed by atoms with Crippen molar-refractivity contribution >= 4 is 95.2 Å². The first kappa shape index (κ1) is 25.5. The van der Waals surface area contributed by atoms with Crippen molar-refractivity contribution in [1.82, 2.24) is 0 Å². The molecule has 0 N–H and O–H groups in total. The molecule has 0 aliphatic carbocycles. The molecule has 45 heavy (non-hydrogen) atoms. The predicted molar refractivity (Wildman–Crippen MR) is 201 cm³/mol. The second-order valence-corrected chi connectivity index (χ2v) is 14.8. The molecule has 0 spiro atoms. The fourth-order valence-corrected chi connectivity index (χ4v) is 10.2. The Hall–Kier alpha value is -4.80. The first-order chi connectivity index (χ1) is 22.2. The lowest BCUT2D eigenvalue weighted by molar-refractivity contribution is 1.59.